The van der Waals surface area contributed by atoms with E-state index in [9.17, 15) is 4.79 Å². The van der Waals surface area contributed by atoms with Crippen molar-refractivity contribution in [1.82, 2.24) is 5.32 Å². The molecule has 0 atom stereocenters. The first-order chi connectivity index (χ1) is 13.1. The van der Waals surface area contributed by atoms with E-state index in [1.807, 2.05) is 73.6 Å². The van der Waals surface area contributed by atoms with Crippen molar-refractivity contribution in [3.05, 3.63) is 72.3 Å². The molecule has 0 aliphatic rings. The number of rotatable bonds is 5. The number of benzene rings is 3. The van der Waals surface area contributed by atoms with Gasteiger partial charge >= 0.3 is 0 Å². The summed E-state index contributed by atoms with van der Waals surface area (Å²) < 4.78 is 5.76. The zero-order valence-corrected chi connectivity index (χ0v) is 15.5. The maximum Gasteiger partial charge on any atom is 0.252 e. The molecular formula is C23H22N2O2. The summed E-state index contributed by atoms with van der Waals surface area (Å²) in [5.74, 6) is 6.53. The Labute approximate surface area is 159 Å². The third kappa shape index (κ3) is 4.80. The van der Waals surface area contributed by atoms with Crippen LogP contribution in [0.2, 0.25) is 0 Å². The second-order valence-electron chi connectivity index (χ2n) is 6.24. The molecule has 4 heteroatoms. The minimum absolute atomic E-state index is 0.135. The molecule has 27 heavy (non-hydrogen) atoms. The lowest BCUT2D eigenvalue weighted by Crippen LogP contribution is -2.23. The molecule has 1 amide bonds. The summed E-state index contributed by atoms with van der Waals surface area (Å²) in [6.07, 6.45) is 0. The van der Waals surface area contributed by atoms with Gasteiger partial charge in [0.15, 0.2) is 0 Å². The zero-order chi connectivity index (χ0) is 19.1. The minimum atomic E-state index is -0.135. The van der Waals surface area contributed by atoms with Gasteiger partial charge in [-0.25, -0.2) is 0 Å². The van der Waals surface area contributed by atoms with Crippen molar-refractivity contribution in [2.24, 2.45) is 0 Å². The fourth-order valence-electron chi connectivity index (χ4n) is 2.69. The molecule has 0 aromatic heterocycles. The first-order valence-corrected chi connectivity index (χ1v) is 8.77. The lowest BCUT2D eigenvalue weighted by Gasteiger charge is -2.12. The molecule has 0 aliphatic heterocycles. The molecular weight excluding hydrogens is 336 g/mol. The number of fused-ring (bicyclic) bond motifs is 1. The van der Waals surface area contributed by atoms with Gasteiger partial charge in [-0.15, -0.1) is 0 Å². The van der Waals surface area contributed by atoms with E-state index >= 15 is 0 Å². The van der Waals surface area contributed by atoms with Gasteiger partial charge in [-0.3, -0.25) is 4.79 Å². The van der Waals surface area contributed by atoms with E-state index in [-0.39, 0.29) is 19.1 Å². The Bertz CT molecular complexity index is 977. The van der Waals surface area contributed by atoms with Crippen LogP contribution in [0.1, 0.15) is 10.4 Å². The molecule has 4 nitrogen and oxygen atoms in total. The van der Waals surface area contributed by atoms with Crippen molar-refractivity contribution in [2.75, 3.05) is 32.1 Å². The van der Waals surface area contributed by atoms with Gasteiger partial charge in [-0.05, 0) is 35.7 Å². The zero-order valence-electron chi connectivity index (χ0n) is 15.5. The molecule has 3 aromatic rings. The number of anilines is 1. The number of carbonyl (C=O) groups excluding carboxylic acids is 1. The summed E-state index contributed by atoms with van der Waals surface area (Å²) >= 11 is 0. The maximum absolute atomic E-state index is 12.1. The normalized spacial score (nSPS) is 10.0. The largest absolute Gasteiger partial charge is 0.480 e. The van der Waals surface area contributed by atoms with E-state index in [1.165, 1.54) is 0 Å². The Morgan fingerprint density at radius 3 is 2.48 bits per heavy atom. The number of carbonyl (C=O) groups is 1. The van der Waals surface area contributed by atoms with E-state index in [4.69, 9.17) is 4.74 Å². The SMILES string of the molecule is CN(C)c1ccc(C(=O)NCC#CCOc2cccc3ccccc23)cc1. The van der Waals surface area contributed by atoms with Crippen LogP contribution in [0.15, 0.2) is 66.7 Å². The van der Waals surface area contributed by atoms with Gasteiger partial charge in [-0.2, -0.15) is 0 Å². The summed E-state index contributed by atoms with van der Waals surface area (Å²) in [5, 5.41) is 4.99. The molecule has 0 bridgehead atoms. The molecule has 0 saturated heterocycles. The van der Waals surface area contributed by atoms with Crippen LogP contribution in [0.3, 0.4) is 0 Å². The lowest BCUT2D eigenvalue weighted by atomic mass is 10.1. The van der Waals surface area contributed by atoms with E-state index in [0.717, 1.165) is 22.2 Å². The molecule has 0 unspecified atom stereocenters. The highest BCUT2D eigenvalue weighted by atomic mass is 16.5. The third-order valence-corrected chi connectivity index (χ3v) is 4.16. The van der Waals surface area contributed by atoms with Gasteiger partial charge in [0, 0.05) is 30.7 Å². The van der Waals surface area contributed by atoms with Crippen LogP contribution in [0.25, 0.3) is 10.8 Å². The summed E-state index contributed by atoms with van der Waals surface area (Å²) in [5.41, 5.74) is 1.67. The van der Waals surface area contributed by atoms with Crippen LogP contribution < -0.4 is 15.0 Å². The van der Waals surface area contributed by atoms with E-state index in [0.29, 0.717) is 5.56 Å². The fourth-order valence-corrected chi connectivity index (χ4v) is 2.69. The second-order valence-corrected chi connectivity index (χ2v) is 6.24. The Morgan fingerprint density at radius 2 is 1.70 bits per heavy atom. The van der Waals surface area contributed by atoms with Gasteiger partial charge in [0.05, 0.1) is 6.54 Å². The topological polar surface area (TPSA) is 41.6 Å². The summed E-state index contributed by atoms with van der Waals surface area (Å²) in [7, 11) is 3.93. The monoisotopic (exact) mass is 358 g/mol. The Morgan fingerprint density at radius 1 is 0.963 bits per heavy atom. The number of nitrogens with zero attached hydrogens (tertiary/aromatic N) is 1. The second kappa shape index (κ2) is 8.77. The van der Waals surface area contributed by atoms with Crippen molar-refractivity contribution in [1.29, 1.82) is 0 Å². The van der Waals surface area contributed by atoms with Gasteiger partial charge in [0.1, 0.15) is 12.4 Å². The van der Waals surface area contributed by atoms with E-state index in [2.05, 4.69) is 29.3 Å². The molecule has 3 rings (SSSR count). The highest BCUT2D eigenvalue weighted by Crippen LogP contribution is 2.24. The molecule has 1 N–H and O–H groups in total. The molecule has 0 fully saturated rings. The molecule has 3 aromatic carbocycles. The first-order valence-electron chi connectivity index (χ1n) is 8.77. The lowest BCUT2D eigenvalue weighted by molar-refractivity contribution is 0.0958. The molecule has 0 saturated carbocycles. The quantitative estimate of drug-likeness (QED) is 0.707. The van der Waals surface area contributed by atoms with Gasteiger partial charge in [0.2, 0.25) is 0 Å². The maximum atomic E-state index is 12.1. The van der Waals surface area contributed by atoms with Gasteiger partial charge in [-0.1, -0.05) is 48.2 Å². The third-order valence-electron chi connectivity index (χ3n) is 4.16. The predicted molar refractivity (Wildman–Crippen MR) is 110 cm³/mol. The van der Waals surface area contributed by atoms with Crippen molar-refractivity contribution in [3.8, 4) is 17.6 Å². The Kier molecular flexibility index (Phi) is 5.96. The number of ether oxygens (including phenoxy) is 1. The standard InChI is InChI=1S/C23H22N2O2/c1-25(2)20-14-12-19(13-15-20)23(26)24-16-5-6-17-27-22-11-7-9-18-8-3-4-10-21(18)22/h3-4,7-15H,16-17H2,1-2H3,(H,24,26). The molecule has 0 aliphatic carbocycles. The van der Waals surface area contributed by atoms with E-state index < -0.39 is 0 Å². The average Bonchev–Trinajstić information content (AvgIpc) is 2.70. The Hall–Kier alpha value is -3.45. The highest BCUT2D eigenvalue weighted by Gasteiger charge is 2.04. The molecule has 136 valence electrons. The molecule has 0 spiro atoms. The highest BCUT2D eigenvalue weighted by molar-refractivity contribution is 5.94. The van der Waals surface area contributed by atoms with Crippen LogP contribution in [-0.2, 0) is 0 Å². The number of amides is 1. The van der Waals surface area contributed by atoms with Crippen molar-refractivity contribution >= 4 is 22.4 Å². The molecule has 0 heterocycles. The summed E-state index contributed by atoms with van der Waals surface area (Å²) in [6, 6.07) is 21.5. The van der Waals surface area contributed by atoms with Crippen LogP contribution in [0.4, 0.5) is 5.69 Å². The minimum Gasteiger partial charge on any atom is -0.480 e. The van der Waals surface area contributed by atoms with Crippen molar-refractivity contribution < 1.29 is 9.53 Å². The van der Waals surface area contributed by atoms with Crippen molar-refractivity contribution in [3.63, 3.8) is 0 Å². The first kappa shape index (κ1) is 18.3. The van der Waals surface area contributed by atoms with Gasteiger partial charge in [0.25, 0.3) is 5.91 Å². The smallest absolute Gasteiger partial charge is 0.252 e. The molecule has 0 radical (unpaired) electrons. The van der Waals surface area contributed by atoms with Crippen LogP contribution >= 0.6 is 0 Å². The van der Waals surface area contributed by atoms with Crippen molar-refractivity contribution in [2.45, 2.75) is 0 Å². The predicted octanol–water partition coefficient (Wildman–Crippen LogP) is 3.72. The summed E-state index contributed by atoms with van der Waals surface area (Å²) in [6.45, 7) is 0.564. The Balaban J connectivity index is 1.48. The number of nitrogens with one attached hydrogen (secondary N) is 1. The van der Waals surface area contributed by atoms with E-state index in [1.54, 1.807) is 0 Å². The average molecular weight is 358 g/mol. The fraction of sp³-hybridized carbons (Fsp3) is 0.174. The number of hydrogen-bond acceptors (Lipinski definition) is 3. The van der Waals surface area contributed by atoms with Gasteiger partial charge < -0.3 is 15.0 Å². The number of hydrogen-bond donors (Lipinski definition) is 1. The van der Waals surface area contributed by atoms with Crippen LogP contribution in [0, 0.1) is 11.8 Å². The van der Waals surface area contributed by atoms with Crippen LogP contribution in [-0.4, -0.2) is 33.2 Å². The van der Waals surface area contributed by atoms with Crippen LogP contribution in [0.5, 0.6) is 5.75 Å². The summed E-state index contributed by atoms with van der Waals surface area (Å²) in [4.78, 5) is 14.1.